The van der Waals surface area contributed by atoms with Crippen LogP contribution in [-0.2, 0) is 11.2 Å². The number of rotatable bonds is 3. The molecule has 0 saturated carbocycles. The summed E-state index contributed by atoms with van der Waals surface area (Å²) in [7, 11) is 0. The van der Waals surface area contributed by atoms with Gasteiger partial charge in [0.1, 0.15) is 11.8 Å². The minimum absolute atomic E-state index is 0.202. The number of anilines is 2. The lowest BCUT2D eigenvalue weighted by molar-refractivity contribution is -0.117. The highest BCUT2D eigenvalue weighted by molar-refractivity contribution is 6.13. The van der Waals surface area contributed by atoms with Crippen LogP contribution in [0.5, 0.6) is 0 Å². The van der Waals surface area contributed by atoms with Crippen LogP contribution in [0.4, 0.5) is 11.5 Å². The average Bonchev–Trinajstić information content (AvgIpc) is 3.25. The van der Waals surface area contributed by atoms with Crippen LogP contribution in [0.25, 0.3) is 0 Å². The van der Waals surface area contributed by atoms with Crippen molar-refractivity contribution < 1.29 is 14.1 Å². The summed E-state index contributed by atoms with van der Waals surface area (Å²) in [4.78, 5) is 27.5. The first-order valence-corrected chi connectivity index (χ1v) is 8.34. The minimum Gasteiger partial charge on any atom is -0.360 e. The molecule has 4 rings (SSSR count). The molecular formula is C20H17N3O3. The van der Waals surface area contributed by atoms with E-state index >= 15 is 0 Å². The Hall–Kier alpha value is -3.41. The standard InChI is InChI=1S/C20H17N3O3/c1-13-11-18(22-26-13)21-19(24)17-12-15-9-5-6-10-16(15)23(17)20(25)14-7-3-2-4-8-14/h2-11,17H,12H2,1H3,(H,21,22,24)/t17-/m0/s1. The summed E-state index contributed by atoms with van der Waals surface area (Å²) in [6, 6.07) is 17.5. The second-order valence-corrected chi connectivity index (χ2v) is 6.20. The number of benzene rings is 2. The Morgan fingerprint density at radius 2 is 1.85 bits per heavy atom. The molecule has 0 aliphatic carbocycles. The molecule has 3 aromatic rings. The second kappa shape index (κ2) is 6.48. The molecule has 2 heterocycles. The van der Waals surface area contributed by atoms with Gasteiger partial charge in [-0.25, -0.2) is 0 Å². The SMILES string of the molecule is Cc1cc(NC(=O)[C@@H]2Cc3ccccc3N2C(=O)c2ccccc2)no1. The molecule has 0 radical (unpaired) electrons. The van der Waals surface area contributed by atoms with Crippen molar-refractivity contribution >= 4 is 23.3 Å². The molecule has 1 aromatic heterocycles. The molecule has 1 aliphatic rings. The normalized spacial score (nSPS) is 15.6. The fourth-order valence-electron chi connectivity index (χ4n) is 3.20. The quantitative estimate of drug-likeness (QED) is 0.789. The zero-order valence-electron chi connectivity index (χ0n) is 14.2. The molecule has 0 saturated heterocycles. The predicted octanol–water partition coefficient (Wildman–Crippen LogP) is 3.19. The Kier molecular flexibility index (Phi) is 4.01. The average molecular weight is 347 g/mol. The second-order valence-electron chi connectivity index (χ2n) is 6.20. The molecule has 1 atom stereocenters. The molecule has 0 bridgehead atoms. The van der Waals surface area contributed by atoms with Crippen molar-refractivity contribution in [2.45, 2.75) is 19.4 Å². The molecule has 2 aromatic carbocycles. The third-order valence-corrected chi connectivity index (χ3v) is 4.40. The third-order valence-electron chi connectivity index (χ3n) is 4.40. The zero-order chi connectivity index (χ0) is 18.1. The molecule has 2 amide bonds. The van der Waals surface area contributed by atoms with Crippen LogP contribution in [0, 0.1) is 6.92 Å². The van der Waals surface area contributed by atoms with Crippen molar-refractivity contribution in [2.24, 2.45) is 0 Å². The largest absolute Gasteiger partial charge is 0.360 e. The summed E-state index contributed by atoms with van der Waals surface area (Å²) >= 11 is 0. The predicted molar refractivity (Wildman–Crippen MR) is 97.1 cm³/mol. The van der Waals surface area contributed by atoms with E-state index in [9.17, 15) is 9.59 Å². The first kappa shape index (κ1) is 16.1. The van der Waals surface area contributed by atoms with E-state index in [1.165, 1.54) is 0 Å². The number of carbonyl (C=O) groups is 2. The summed E-state index contributed by atoms with van der Waals surface area (Å²) < 4.78 is 4.99. The molecule has 26 heavy (non-hydrogen) atoms. The number of aromatic nitrogens is 1. The van der Waals surface area contributed by atoms with Crippen molar-refractivity contribution in [1.29, 1.82) is 0 Å². The fourth-order valence-corrected chi connectivity index (χ4v) is 3.20. The molecule has 0 spiro atoms. The van der Waals surface area contributed by atoms with Crippen molar-refractivity contribution in [3.05, 3.63) is 77.6 Å². The van der Waals surface area contributed by atoms with Gasteiger partial charge in [0.05, 0.1) is 0 Å². The fraction of sp³-hybridized carbons (Fsp3) is 0.150. The summed E-state index contributed by atoms with van der Waals surface area (Å²) in [5.74, 6) is 0.452. The number of nitrogens with zero attached hydrogens (tertiary/aromatic N) is 2. The van der Waals surface area contributed by atoms with E-state index in [2.05, 4.69) is 10.5 Å². The molecule has 1 aliphatic heterocycles. The molecular weight excluding hydrogens is 330 g/mol. The van der Waals surface area contributed by atoms with Crippen LogP contribution >= 0.6 is 0 Å². The molecule has 1 N–H and O–H groups in total. The summed E-state index contributed by atoms with van der Waals surface area (Å²) in [6.07, 6.45) is 0.456. The number of hydrogen-bond acceptors (Lipinski definition) is 4. The van der Waals surface area contributed by atoms with Crippen LogP contribution in [0.2, 0.25) is 0 Å². The smallest absolute Gasteiger partial charge is 0.259 e. The maximum Gasteiger partial charge on any atom is 0.259 e. The molecule has 6 nitrogen and oxygen atoms in total. The Balaban J connectivity index is 1.67. The lowest BCUT2D eigenvalue weighted by Gasteiger charge is -2.24. The maximum absolute atomic E-state index is 13.1. The van der Waals surface area contributed by atoms with Gasteiger partial charge in [0.15, 0.2) is 5.82 Å². The van der Waals surface area contributed by atoms with E-state index < -0.39 is 6.04 Å². The van der Waals surface area contributed by atoms with Gasteiger partial charge in [-0.2, -0.15) is 0 Å². The van der Waals surface area contributed by atoms with Gasteiger partial charge in [0.2, 0.25) is 5.91 Å². The number of nitrogens with one attached hydrogen (secondary N) is 1. The molecule has 0 fully saturated rings. The Morgan fingerprint density at radius 1 is 1.12 bits per heavy atom. The topological polar surface area (TPSA) is 75.4 Å². The van der Waals surface area contributed by atoms with E-state index in [-0.39, 0.29) is 11.8 Å². The number of aryl methyl sites for hydroxylation is 1. The summed E-state index contributed by atoms with van der Waals surface area (Å²) in [6.45, 7) is 1.75. The van der Waals surface area contributed by atoms with Crippen LogP contribution < -0.4 is 10.2 Å². The number of para-hydroxylation sites is 1. The molecule has 130 valence electrons. The maximum atomic E-state index is 13.1. The van der Waals surface area contributed by atoms with E-state index in [4.69, 9.17) is 4.52 Å². The first-order valence-electron chi connectivity index (χ1n) is 8.34. The number of fused-ring (bicyclic) bond motifs is 1. The zero-order valence-corrected chi connectivity index (χ0v) is 14.2. The number of hydrogen-bond donors (Lipinski definition) is 1. The van der Waals surface area contributed by atoms with Gasteiger partial charge in [0, 0.05) is 23.7 Å². The van der Waals surface area contributed by atoms with Crippen molar-refractivity contribution in [2.75, 3.05) is 10.2 Å². The van der Waals surface area contributed by atoms with E-state index in [0.717, 1.165) is 11.3 Å². The van der Waals surface area contributed by atoms with Gasteiger partial charge in [-0.1, -0.05) is 41.6 Å². The highest BCUT2D eigenvalue weighted by Crippen LogP contribution is 2.33. The monoisotopic (exact) mass is 347 g/mol. The van der Waals surface area contributed by atoms with Gasteiger partial charge < -0.3 is 9.84 Å². The molecule has 0 unspecified atom stereocenters. The van der Waals surface area contributed by atoms with Crippen LogP contribution in [-0.4, -0.2) is 23.0 Å². The van der Waals surface area contributed by atoms with Crippen molar-refractivity contribution in [3.63, 3.8) is 0 Å². The highest BCUT2D eigenvalue weighted by atomic mass is 16.5. The highest BCUT2D eigenvalue weighted by Gasteiger charge is 2.38. The van der Waals surface area contributed by atoms with Gasteiger partial charge in [-0.15, -0.1) is 0 Å². The van der Waals surface area contributed by atoms with Crippen LogP contribution in [0.3, 0.4) is 0 Å². The minimum atomic E-state index is -0.642. The van der Waals surface area contributed by atoms with E-state index in [0.29, 0.717) is 23.6 Å². The van der Waals surface area contributed by atoms with E-state index in [1.54, 1.807) is 30.0 Å². The Labute approximate surface area is 150 Å². The number of amides is 2. The Morgan fingerprint density at radius 3 is 2.58 bits per heavy atom. The van der Waals surface area contributed by atoms with Crippen LogP contribution in [0.15, 0.2) is 65.2 Å². The first-order chi connectivity index (χ1) is 12.6. The lowest BCUT2D eigenvalue weighted by atomic mass is 10.1. The van der Waals surface area contributed by atoms with Gasteiger partial charge >= 0.3 is 0 Å². The van der Waals surface area contributed by atoms with Crippen LogP contribution in [0.1, 0.15) is 21.7 Å². The van der Waals surface area contributed by atoms with Gasteiger partial charge in [0.25, 0.3) is 5.91 Å². The van der Waals surface area contributed by atoms with Gasteiger partial charge in [-0.3, -0.25) is 14.5 Å². The van der Waals surface area contributed by atoms with Crippen molar-refractivity contribution in [3.8, 4) is 0 Å². The lowest BCUT2D eigenvalue weighted by Crippen LogP contribution is -2.45. The molecule has 6 heteroatoms. The van der Waals surface area contributed by atoms with Gasteiger partial charge in [-0.05, 0) is 30.7 Å². The van der Waals surface area contributed by atoms with E-state index in [1.807, 2.05) is 42.5 Å². The summed E-state index contributed by atoms with van der Waals surface area (Å²) in [5, 5.41) is 6.53. The summed E-state index contributed by atoms with van der Waals surface area (Å²) in [5.41, 5.74) is 2.27. The third kappa shape index (κ3) is 2.86. The van der Waals surface area contributed by atoms with Crippen molar-refractivity contribution in [1.82, 2.24) is 5.16 Å². The Bertz CT molecular complexity index is 965. The number of carbonyl (C=O) groups excluding carboxylic acids is 2.